The van der Waals surface area contributed by atoms with Gasteiger partial charge >= 0.3 is 0 Å². The van der Waals surface area contributed by atoms with Crippen LogP contribution >= 0.6 is 15.9 Å². The molecule has 0 saturated heterocycles. The molecule has 2 aromatic rings. The molecule has 0 atom stereocenters. The van der Waals surface area contributed by atoms with E-state index in [0.29, 0.717) is 17.9 Å². The summed E-state index contributed by atoms with van der Waals surface area (Å²) in [4.78, 5) is 4.52. The summed E-state index contributed by atoms with van der Waals surface area (Å²) in [6.07, 6.45) is 5.02. The van der Waals surface area contributed by atoms with Gasteiger partial charge in [0.15, 0.2) is 23.0 Å². The lowest BCUT2D eigenvalue weighted by molar-refractivity contribution is 0.174. The number of aryl methyl sites for hydroxylation is 1. The molecule has 6 nitrogen and oxygen atoms in total. The Morgan fingerprint density at radius 2 is 1.86 bits per heavy atom. The van der Waals surface area contributed by atoms with Crippen LogP contribution in [-0.4, -0.2) is 33.8 Å². The highest BCUT2D eigenvalue weighted by Gasteiger charge is 2.17. The molecule has 1 heterocycles. The number of halogens is 1. The SMILES string of the molecule is COc1cc(C=NCCCCc2cc3c(cc2CC#N)OCO3)cc(Br)c1OC. The molecule has 1 aliphatic rings. The molecule has 0 unspecified atom stereocenters. The predicted molar refractivity (Wildman–Crippen MR) is 115 cm³/mol. The van der Waals surface area contributed by atoms with Crippen molar-refractivity contribution in [3.63, 3.8) is 0 Å². The Morgan fingerprint density at radius 3 is 2.55 bits per heavy atom. The quantitative estimate of drug-likeness (QED) is 0.402. The summed E-state index contributed by atoms with van der Waals surface area (Å²) in [6.45, 7) is 0.968. The second-order valence-electron chi connectivity index (χ2n) is 6.54. The lowest BCUT2D eigenvalue weighted by atomic mass is 9.99. The molecule has 7 heteroatoms. The number of fused-ring (bicyclic) bond motifs is 1. The fraction of sp³-hybridized carbons (Fsp3) is 0.364. The molecule has 2 aromatic carbocycles. The van der Waals surface area contributed by atoms with Crippen LogP contribution in [0, 0.1) is 11.3 Å². The van der Waals surface area contributed by atoms with Crippen molar-refractivity contribution in [2.24, 2.45) is 4.99 Å². The molecule has 0 radical (unpaired) electrons. The summed E-state index contributed by atoms with van der Waals surface area (Å²) < 4.78 is 22.4. The van der Waals surface area contributed by atoms with Crippen molar-refractivity contribution < 1.29 is 18.9 Å². The lowest BCUT2D eigenvalue weighted by Gasteiger charge is -2.10. The molecule has 0 aliphatic carbocycles. The van der Waals surface area contributed by atoms with E-state index in [1.165, 1.54) is 0 Å². The molecular formula is C22H23BrN2O4. The first-order chi connectivity index (χ1) is 14.2. The van der Waals surface area contributed by atoms with Gasteiger partial charge in [-0.3, -0.25) is 4.99 Å². The van der Waals surface area contributed by atoms with E-state index in [-0.39, 0.29) is 6.79 Å². The number of hydrogen-bond acceptors (Lipinski definition) is 6. The maximum atomic E-state index is 9.07. The molecule has 0 saturated carbocycles. The van der Waals surface area contributed by atoms with Gasteiger partial charge in [-0.15, -0.1) is 0 Å². The van der Waals surface area contributed by atoms with Crippen molar-refractivity contribution in [3.8, 4) is 29.1 Å². The van der Waals surface area contributed by atoms with Crippen molar-refractivity contribution in [1.82, 2.24) is 0 Å². The Morgan fingerprint density at radius 1 is 1.10 bits per heavy atom. The van der Waals surface area contributed by atoms with E-state index in [0.717, 1.165) is 58.5 Å². The van der Waals surface area contributed by atoms with Gasteiger partial charge in [-0.25, -0.2) is 0 Å². The van der Waals surface area contributed by atoms with E-state index >= 15 is 0 Å². The van der Waals surface area contributed by atoms with Crippen LogP contribution in [0.2, 0.25) is 0 Å². The van der Waals surface area contributed by atoms with Gasteiger partial charge in [-0.2, -0.15) is 5.26 Å². The Balaban J connectivity index is 1.54. The maximum absolute atomic E-state index is 9.07. The first-order valence-corrected chi connectivity index (χ1v) is 10.1. The summed E-state index contributed by atoms with van der Waals surface area (Å²) in [6, 6.07) is 9.99. The van der Waals surface area contributed by atoms with Crippen LogP contribution in [0.1, 0.15) is 29.5 Å². The monoisotopic (exact) mass is 458 g/mol. The molecule has 29 heavy (non-hydrogen) atoms. The number of rotatable bonds is 9. The number of benzene rings is 2. The molecule has 0 N–H and O–H groups in total. The Hall–Kier alpha value is -2.72. The second kappa shape index (κ2) is 10.2. The fourth-order valence-electron chi connectivity index (χ4n) is 3.21. The van der Waals surface area contributed by atoms with Crippen molar-refractivity contribution in [3.05, 3.63) is 45.4 Å². The van der Waals surface area contributed by atoms with Crippen LogP contribution in [0.25, 0.3) is 0 Å². The summed E-state index contributed by atoms with van der Waals surface area (Å²) >= 11 is 3.49. The Kier molecular flexibility index (Phi) is 7.36. The molecular weight excluding hydrogens is 436 g/mol. The van der Waals surface area contributed by atoms with Gasteiger partial charge in [0, 0.05) is 12.8 Å². The van der Waals surface area contributed by atoms with Crippen LogP contribution in [0.15, 0.2) is 33.7 Å². The van der Waals surface area contributed by atoms with Gasteiger partial charge < -0.3 is 18.9 Å². The minimum Gasteiger partial charge on any atom is -0.493 e. The third kappa shape index (κ3) is 5.21. The van der Waals surface area contributed by atoms with Crippen molar-refractivity contribution in [2.75, 3.05) is 27.6 Å². The second-order valence-corrected chi connectivity index (χ2v) is 7.39. The number of methoxy groups -OCH3 is 2. The Bertz CT molecular complexity index is 937. The molecule has 0 amide bonds. The number of ether oxygens (including phenoxy) is 4. The zero-order valence-electron chi connectivity index (χ0n) is 16.5. The predicted octanol–water partition coefficient (Wildman–Crippen LogP) is 4.70. The molecule has 0 spiro atoms. The van der Waals surface area contributed by atoms with Crippen molar-refractivity contribution in [2.45, 2.75) is 25.7 Å². The number of aliphatic imine (C=N–C) groups is 1. The third-order valence-corrected chi connectivity index (χ3v) is 5.23. The molecule has 1 aliphatic heterocycles. The van der Waals surface area contributed by atoms with E-state index in [1.807, 2.05) is 30.5 Å². The van der Waals surface area contributed by atoms with E-state index in [2.05, 4.69) is 27.0 Å². The normalized spacial score (nSPS) is 12.2. The van der Waals surface area contributed by atoms with Gasteiger partial charge in [0.25, 0.3) is 0 Å². The summed E-state index contributed by atoms with van der Waals surface area (Å²) in [5.41, 5.74) is 3.10. The molecule has 0 bridgehead atoms. The topological polar surface area (TPSA) is 73.1 Å². The summed E-state index contributed by atoms with van der Waals surface area (Å²) in [5.74, 6) is 2.82. The van der Waals surface area contributed by atoms with Gasteiger partial charge in [0.1, 0.15) is 0 Å². The van der Waals surface area contributed by atoms with E-state index in [4.69, 9.17) is 24.2 Å². The van der Waals surface area contributed by atoms with Gasteiger partial charge in [-0.1, -0.05) is 0 Å². The first kappa shape index (κ1) is 21.0. The number of hydrogen-bond donors (Lipinski definition) is 0. The smallest absolute Gasteiger partial charge is 0.231 e. The van der Waals surface area contributed by atoms with Crippen LogP contribution in [0.4, 0.5) is 0 Å². The standard InChI is InChI=1S/C22H23BrN2O4/c1-26-21-10-15(9-18(23)22(21)27-2)13-25-8-4-3-5-16-11-19-20(29-14-28-19)12-17(16)6-7-24/h9-13H,3-6,8,14H2,1-2H3. The largest absolute Gasteiger partial charge is 0.493 e. The minimum absolute atomic E-state index is 0.242. The van der Waals surface area contributed by atoms with Crippen molar-refractivity contribution >= 4 is 22.1 Å². The highest BCUT2D eigenvalue weighted by Crippen LogP contribution is 2.36. The van der Waals surface area contributed by atoms with Gasteiger partial charge in [0.2, 0.25) is 6.79 Å². The van der Waals surface area contributed by atoms with Crippen LogP contribution in [0.3, 0.4) is 0 Å². The third-order valence-electron chi connectivity index (χ3n) is 4.64. The average molecular weight is 459 g/mol. The highest BCUT2D eigenvalue weighted by molar-refractivity contribution is 9.10. The molecule has 0 fully saturated rings. The zero-order chi connectivity index (χ0) is 20.6. The fourth-order valence-corrected chi connectivity index (χ4v) is 3.83. The lowest BCUT2D eigenvalue weighted by Crippen LogP contribution is -1.96. The van der Waals surface area contributed by atoms with E-state index in [9.17, 15) is 0 Å². The maximum Gasteiger partial charge on any atom is 0.231 e. The van der Waals surface area contributed by atoms with Gasteiger partial charge in [0.05, 0.1) is 31.2 Å². The minimum atomic E-state index is 0.242. The van der Waals surface area contributed by atoms with E-state index in [1.54, 1.807) is 14.2 Å². The number of nitriles is 1. The number of nitrogens with zero attached hydrogens (tertiary/aromatic N) is 2. The summed E-state index contributed by atoms with van der Waals surface area (Å²) in [5, 5.41) is 9.07. The molecule has 152 valence electrons. The Labute approximate surface area is 179 Å². The van der Waals surface area contributed by atoms with Crippen LogP contribution in [0.5, 0.6) is 23.0 Å². The van der Waals surface area contributed by atoms with Crippen LogP contribution < -0.4 is 18.9 Å². The molecule has 0 aromatic heterocycles. The van der Waals surface area contributed by atoms with Crippen LogP contribution in [-0.2, 0) is 12.8 Å². The zero-order valence-corrected chi connectivity index (χ0v) is 18.1. The highest BCUT2D eigenvalue weighted by atomic mass is 79.9. The first-order valence-electron chi connectivity index (χ1n) is 9.36. The summed E-state index contributed by atoms with van der Waals surface area (Å²) in [7, 11) is 3.22. The average Bonchev–Trinajstić information content (AvgIpc) is 3.17. The number of unbranched alkanes of at least 4 members (excludes halogenated alkanes) is 1. The van der Waals surface area contributed by atoms with Crippen molar-refractivity contribution in [1.29, 1.82) is 5.26 Å². The van der Waals surface area contributed by atoms with Gasteiger partial charge in [-0.05, 0) is 76.1 Å². The molecule has 3 rings (SSSR count). The van der Waals surface area contributed by atoms with E-state index < -0.39 is 0 Å².